The van der Waals surface area contributed by atoms with E-state index in [1.807, 2.05) is 0 Å². The molecule has 0 saturated heterocycles. The van der Waals surface area contributed by atoms with Crippen molar-refractivity contribution >= 4 is 38.1 Å². The van der Waals surface area contributed by atoms with Crippen molar-refractivity contribution in [2.24, 2.45) is 7.05 Å². The predicted molar refractivity (Wildman–Crippen MR) is 142 cm³/mol. The second-order valence-electron chi connectivity index (χ2n) is 8.76. The average molecular weight is 528 g/mol. The number of anilines is 3. The molecule has 194 valence electrons. The maximum atomic E-state index is 14.7. The lowest BCUT2D eigenvalue weighted by atomic mass is 10.1. The molecule has 4 aromatic rings. The Morgan fingerprint density at radius 3 is 2.32 bits per heavy atom. The molecule has 4 rings (SSSR count). The predicted octanol–water partition coefficient (Wildman–Crippen LogP) is 2.74. The minimum Gasteiger partial charge on any atom is -0.338 e. The fourth-order valence-corrected chi connectivity index (χ4v) is 4.83. The number of aryl methyl sites for hydroxylation is 2. The van der Waals surface area contributed by atoms with Crippen LogP contribution < -0.4 is 26.8 Å². The van der Waals surface area contributed by atoms with E-state index < -0.39 is 32.6 Å². The van der Waals surface area contributed by atoms with E-state index >= 15 is 0 Å². The Morgan fingerprint density at radius 2 is 1.70 bits per heavy atom. The smallest absolute Gasteiger partial charge is 0.336 e. The van der Waals surface area contributed by atoms with Crippen LogP contribution in [0.15, 0.2) is 56.8 Å². The van der Waals surface area contributed by atoms with Gasteiger partial charge in [-0.2, -0.15) is 0 Å². The number of hydrogen-bond donors (Lipinski definition) is 2. The lowest BCUT2D eigenvalue weighted by molar-refractivity contribution is 0.607. The van der Waals surface area contributed by atoms with Gasteiger partial charge in [0.15, 0.2) is 0 Å². The van der Waals surface area contributed by atoms with Crippen molar-refractivity contribution in [1.29, 1.82) is 0 Å². The summed E-state index contributed by atoms with van der Waals surface area (Å²) in [6.07, 6.45) is 0.995. The number of halogens is 1. The first-order valence-electron chi connectivity index (χ1n) is 11.3. The van der Waals surface area contributed by atoms with E-state index in [1.165, 1.54) is 47.4 Å². The largest absolute Gasteiger partial charge is 0.338 e. The maximum absolute atomic E-state index is 14.7. The van der Waals surface area contributed by atoms with Gasteiger partial charge in [-0.15, -0.1) is 0 Å². The van der Waals surface area contributed by atoms with Crippen LogP contribution in [0.2, 0.25) is 0 Å². The molecule has 0 aliphatic rings. The number of sulfonamides is 1. The number of pyridine rings is 1. The van der Waals surface area contributed by atoms with Gasteiger partial charge in [0.2, 0.25) is 10.0 Å². The lowest BCUT2D eigenvalue weighted by Gasteiger charge is -2.20. The third-order valence-corrected chi connectivity index (χ3v) is 6.60. The molecule has 37 heavy (non-hydrogen) atoms. The minimum atomic E-state index is -3.61. The fraction of sp³-hybridized carbons (Fsp3) is 0.240. The zero-order valence-electron chi connectivity index (χ0n) is 20.9. The summed E-state index contributed by atoms with van der Waals surface area (Å²) in [5.74, 6) is -0.565. The summed E-state index contributed by atoms with van der Waals surface area (Å²) in [6.45, 7) is 4.87. The molecule has 0 amide bonds. The van der Waals surface area contributed by atoms with Gasteiger partial charge in [0.1, 0.15) is 17.0 Å². The highest BCUT2D eigenvalue weighted by Crippen LogP contribution is 2.27. The summed E-state index contributed by atoms with van der Waals surface area (Å²) in [4.78, 5) is 40.4. The van der Waals surface area contributed by atoms with Crippen LogP contribution in [-0.4, -0.2) is 28.4 Å². The molecule has 2 heterocycles. The van der Waals surface area contributed by atoms with Crippen LogP contribution in [0.1, 0.15) is 18.1 Å². The summed E-state index contributed by atoms with van der Waals surface area (Å²) in [7, 11) is -2.16. The third-order valence-electron chi connectivity index (χ3n) is 6.00. The standard InChI is InChI=1S/C25H26FN5O5S/c1-6-30-24(33)20-21(31(25(30)34)17-9-7-8-16(13-17)28-37(5,35)36)15(3)23(32)29(4)22(20)27-19-11-10-14(2)12-18(19)26/h7-13,27-28H,6H2,1-5H3. The number of hydrogen-bond acceptors (Lipinski definition) is 6. The molecular formula is C25H26FN5O5S. The number of aromatic nitrogens is 3. The lowest BCUT2D eigenvalue weighted by Crippen LogP contribution is -2.41. The molecule has 0 aliphatic carbocycles. The van der Waals surface area contributed by atoms with Gasteiger partial charge in [0, 0.05) is 19.2 Å². The van der Waals surface area contributed by atoms with Gasteiger partial charge < -0.3 is 5.32 Å². The zero-order valence-corrected chi connectivity index (χ0v) is 21.7. The van der Waals surface area contributed by atoms with Crippen LogP contribution in [0.4, 0.5) is 21.6 Å². The Balaban J connectivity index is 2.15. The van der Waals surface area contributed by atoms with Crippen LogP contribution in [0.25, 0.3) is 16.6 Å². The van der Waals surface area contributed by atoms with Crippen molar-refractivity contribution in [1.82, 2.24) is 13.7 Å². The van der Waals surface area contributed by atoms with Crippen LogP contribution >= 0.6 is 0 Å². The van der Waals surface area contributed by atoms with Crippen molar-refractivity contribution < 1.29 is 12.8 Å². The molecule has 0 radical (unpaired) electrons. The second-order valence-corrected chi connectivity index (χ2v) is 10.5. The summed E-state index contributed by atoms with van der Waals surface area (Å²) in [6, 6.07) is 10.5. The van der Waals surface area contributed by atoms with E-state index in [0.717, 1.165) is 10.8 Å². The quantitative estimate of drug-likeness (QED) is 0.397. The molecule has 0 aliphatic heterocycles. The molecule has 0 atom stereocenters. The molecule has 0 unspecified atom stereocenters. The molecule has 10 nitrogen and oxygen atoms in total. The van der Waals surface area contributed by atoms with Crippen molar-refractivity contribution in [3.63, 3.8) is 0 Å². The van der Waals surface area contributed by atoms with Crippen molar-refractivity contribution in [3.05, 3.63) is 90.6 Å². The van der Waals surface area contributed by atoms with Gasteiger partial charge in [-0.1, -0.05) is 12.1 Å². The highest BCUT2D eigenvalue weighted by Gasteiger charge is 2.23. The van der Waals surface area contributed by atoms with Gasteiger partial charge >= 0.3 is 5.69 Å². The molecule has 0 fully saturated rings. The third kappa shape index (κ3) is 4.67. The molecule has 2 aromatic heterocycles. The molecule has 12 heteroatoms. The Hall–Kier alpha value is -4.19. The van der Waals surface area contributed by atoms with Crippen LogP contribution in [0, 0.1) is 19.7 Å². The average Bonchev–Trinajstić information content (AvgIpc) is 2.81. The van der Waals surface area contributed by atoms with Gasteiger partial charge in [-0.3, -0.25) is 28.0 Å². The normalized spacial score (nSPS) is 11.6. The molecule has 0 spiro atoms. The van der Waals surface area contributed by atoms with Gasteiger partial charge in [0.05, 0.1) is 28.8 Å². The van der Waals surface area contributed by atoms with Crippen LogP contribution in [-0.2, 0) is 23.6 Å². The van der Waals surface area contributed by atoms with E-state index in [1.54, 1.807) is 32.0 Å². The Labute approximate surface area is 211 Å². The fourth-order valence-electron chi connectivity index (χ4n) is 4.28. The summed E-state index contributed by atoms with van der Waals surface area (Å²) in [5.41, 5.74) is -0.556. The highest BCUT2D eigenvalue weighted by atomic mass is 32.2. The van der Waals surface area contributed by atoms with E-state index in [4.69, 9.17) is 0 Å². The first-order chi connectivity index (χ1) is 17.3. The minimum absolute atomic E-state index is 0.00232. The SMILES string of the molecule is CCn1c(=O)c2c(Nc3ccc(C)cc3F)n(C)c(=O)c(C)c2n(-c2cccc(NS(C)(=O)=O)c2)c1=O. The Bertz CT molecular complexity index is 1860. The van der Waals surface area contributed by atoms with E-state index in [9.17, 15) is 27.2 Å². The molecule has 0 bridgehead atoms. The van der Waals surface area contributed by atoms with E-state index in [-0.39, 0.29) is 45.9 Å². The summed E-state index contributed by atoms with van der Waals surface area (Å²) >= 11 is 0. The topological polar surface area (TPSA) is 124 Å². The van der Waals surface area contributed by atoms with E-state index in [0.29, 0.717) is 5.56 Å². The summed E-state index contributed by atoms with van der Waals surface area (Å²) < 4.78 is 44.0. The van der Waals surface area contributed by atoms with E-state index in [2.05, 4.69) is 10.0 Å². The van der Waals surface area contributed by atoms with Crippen molar-refractivity contribution in [2.45, 2.75) is 27.3 Å². The number of benzene rings is 2. The summed E-state index contributed by atoms with van der Waals surface area (Å²) in [5, 5.41) is 2.88. The first-order valence-corrected chi connectivity index (χ1v) is 13.2. The molecule has 2 N–H and O–H groups in total. The van der Waals surface area contributed by atoms with Gasteiger partial charge in [-0.25, -0.2) is 17.6 Å². The van der Waals surface area contributed by atoms with Crippen LogP contribution in [0.3, 0.4) is 0 Å². The maximum Gasteiger partial charge on any atom is 0.336 e. The van der Waals surface area contributed by atoms with Crippen molar-refractivity contribution in [2.75, 3.05) is 16.3 Å². The number of fused-ring (bicyclic) bond motifs is 1. The molecule has 0 saturated carbocycles. The molecule has 2 aromatic carbocycles. The highest BCUT2D eigenvalue weighted by molar-refractivity contribution is 7.92. The van der Waals surface area contributed by atoms with Gasteiger partial charge in [0.25, 0.3) is 11.1 Å². The zero-order chi connectivity index (χ0) is 27.2. The number of rotatable bonds is 6. The number of nitrogens with zero attached hydrogens (tertiary/aromatic N) is 3. The number of nitrogens with one attached hydrogen (secondary N) is 2. The first kappa shape index (κ1) is 25.9. The van der Waals surface area contributed by atoms with Crippen LogP contribution in [0.5, 0.6) is 0 Å². The van der Waals surface area contributed by atoms with Crippen molar-refractivity contribution in [3.8, 4) is 5.69 Å². The molecular weight excluding hydrogens is 501 g/mol. The Kier molecular flexibility index (Phi) is 6.55. The van der Waals surface area contributed by atoms with Gasteiger partial charge in [-0.05, 0) is 56.7 Å². The monoisotopic (exact) mass is 527 g/mol. The second kappa shape index (κ2) is 9.36. The Morgan fingerprint density at radius 1 is 1.00 bits per heavy atom.